The van der Waals surface area contributed by atoms with Gasteiger partial charge in [0.15, 0.2) is 0 Å². The lowest BCUT2D eigenvalue weighted by molar-refractivity contribution is 0.750. The molecule has 1 fully saturated rings. The highest BCUT2D eigenvalue weighted by Gasteiger charge is 2.14. The first-order valence-corrected chi connectivity index (χ1v) is 7.26. The molecule has 1 aromatic heterocycles. The summed E-state index contributed by atoms with van der Waals surface area (Å²) in [6.07, 6.45) is 6.75. The monoisotopic (exact) mass is 268 g/mol. The predicted octanol–water partition coefficient (Wildman–Crippen LogP) is 3.44. The maximum absolute atomic E-state index is 4.30. The van der Waals surface area contributed by atoms with Crippen LogP contribution in [0.4, 0.5) is 11.6 Å². The number of aromatic nitrogens is 2. The van der Waals surface area contributed by atoms with Crippen LogP contribution in [-0.4, -0.2) is 16.0 Å². The molecule has 4 heteroatoms. The van der Waals surface area contributed by atoms with Crippen LogP contribution in [0.5, 0.6) is 0 Å². The lowest BCUT2D eigenvalue weighted by Gasteiger charge is -2.13. The van der Waals surface area contributed by atoms with Gasteiger partial charge >= 0.3 is 0 Å². The minimum Gasteiger partial charge on any atom is -0.367 e. The average molecular weight is 268 g/mol. The van der Waals surface area contributed by atoms with Crippen molar-refractivity contribution in [3.8, 4) is 0 Å². The molecule has 0 unspecified atom stereocenters. The molecule has 2 aromatic rings. The van der Waals surface area contributed by atoms with Gasteiger partial charge in [0.05, 0.1) is 0 Å². The molecule has 0 atom stereocenters. The van der Waals surface area contributed by atoms with Crippen molar-refractivity contribution in [2.45, 2.75) is 38.3 Å². The third-order valence-corrected chi connectivity index (χ3v) is 3.69. The van der Waals surface area contributed by atoms with Crippen molar-refractivity contribution in [3.63, 3.8) is 0 Å². The number of rotatable bonds is 5. The number of hydrogen-bond donors (Lipinski definition) is 2. The van der Waals surface area contributed by atoms with Gasteiger partial charge < -0.3 is 10.6 Å². The summed E-state index contributed by atoms with van der Waals surface area (Å²) in [6, 6.07) is 12.9. The van der Waals surface area contributed by atoms with Crippen LogP contribution in [0, 0.1) is 0 Å². The van der Waals surface area contributed by atoms with Gasteiger partial charge in [-0.25, -0.2) is 9.97 Å². The Labute approximate surface area is 119 Å². The van der Waals surface area contributed by atoms with Crippen LogP contribution in [0.25, 0.3) is 0 Å². The minimum absolute atomic E-state index is 0.576. The zero-order chi connectivity index (χ0) is 13.6. The Hall–Kier alpha value is -2.10. The molecule has 0 aliphatic heterocycles. The molecule has 1 aliphatic rings. The zero-order valence-corrected chi connectivity index (χ0v) is 11.5. The van der Waals surface area contributed by atoms with Crippen molar-refractivity contribution in [3.05, 3.63) is 48.3 Å². The summed E-state index contributed by atoms with van der Waals surface area (Å²) in [5.74, 6) is 1.78. The summed E-state index contributed by atoms with van der Waals surface area (Å²) in [6.45, 7) is 0.778. The van der Waals surface area contributed by atoms with Crippen molar-refractivity contribution in [1.82, 2.24) is 9.97 Å². The van der Waals surface area contributed by atoms with E-state index >= 15 is 0 Å². The van der Waals surface area contributed by atoms with Crippen molar-refractivity contribution < 1.29 is 0 Å². The molecule has 104 valence electrons. The maximum atomic E-state index is 4.30. The summed E-state index contributed by atoms with van der Waals surface area (Å²) >= 11 is 0. The molecule has 2 N–H and O–H groups in total. The van der Waals surface area contributed by atoms with Crippen LogP contribution in [0.3, 0.4) is 0 Å². The number of anilines is 2. The normalized spacial score (nSPS) is 15.2. The van der Waals surface area contributed by atoms with E-state index in [9.17, 15) is 0 Å². The second-order valence-corrected chi connectivity index (χ2v) is 5.25. The van der Waals surface area contributed by atoms with Gasteiger partial charge in [0.25, 0.3) is 0 Å². The molecule has 1 saturated carbocycles. The summed E-state index contributed by atoms with van der Waals surface area (Å²) < 4.78 is 0. The second-order valence-electron chi connectivity index (χ2n) is 5.25. The molecule has 0 saturated heterocycles. The fraction of sp³-hybridized carbons (Fsp3) is 0.375. The van der Waals surface area contributed by atoms with Gasteiger partial charge in [-0.05, 0) is 18.4 Å². The van der Waals surface area contributed by atoms with Crippen molar-refractivity contribution >= 4 is 11.6 Å². The van der Waals surface area contributed by atoms with Crippen LogP contribution in [0.1, 0.15) is 31.2 Å². The van der Waals surface area contributed by atoms with E-state index in [1.54, 1.807) is 6.33 Å². The summed E-state index contributed by atoms with van der Waals surface area (Å²) in [5.41, 5.74) is 1.25. The Kier molecular flexibility index (Phi) is 4.11. The minimum atomic E-state index is 0.576. The Morgan fingerprint density at radius 3 is 2.55 bits per heavy atom. The van der Waals surface area contributed by atoms with E-state index in [1.807, 2.05) is 24.3 Å². The quantitative estimate of drug-likeness (QED) is 0.872. The van der Waals surface area contributed by atoms with Crippen molar-refractivity contribution in [2.24, 2.45) is 0 Å². The van der Waals surface area contributed by atoms with E-state index in [0.717, 1.165) is 18.2 Å². The fourth-order valence-electron chi connectivity index (χ4n) is 2.60. The molecule has 0 radical (unpaired) electrons. The Morgan fingerprint density at radius 1 is 1.00 bits per heavy atom. The summed E-state index contributed by atoms with van der Waals surface area (Å²) in [7, 11) is 0. The first-order valence-electron chi connectivity index (χ1n) is 7.26. The molecule has 20 heavy (non-hydrogen) atoms. The molecule has 1 aliphatic carbocycles. The highest BCUT2D eigenvalue weighted by atomic mass is 15.1. The molecule has 4 nitrogen and oxygen atoms in total. The molecule has 1 heterocycles. The van der Waals surface area contributed by atoms with Crippen molar-refractivity contribution in [1.29, 1.82) is 0 Å². The Morgan fingerprint density at radius 2 is 1.75 bits per heavy atom. The number of benzene rings is 1. The Balaban J connectivity index is 1.59. The van der Waals surface area contributed by atoms with E-state index < -0.39 is 0 Å². The smallest absolute Gasteiger partial charge is 0.131 e. The van der Waals surface area contributed by atoms with E-state index in [1.165, 1.54) is 31.2 Å². The standard InChI is InChI=1S/C16H20N4/c1-2-6-13(7-3-1)11-17-15-10-16(19-12-18-15)20-14-8-4-5-9-14/h1-3,6-7,10,12,14H,4-5,8-9,11H2,(H2,17,18,19,20). The van der Waals surface area contributed by atoms with E-state index in [-0.39, 0.29) is 0 Å². The lowest BCUT2D eigenvalue weighted by Crippen LogP contribution is -2.15. The fourth-order valence-corrected chi connectivity index (χ4v) is 2.60. The molecular formula is C16H20N4. The number of hydrogen-bond acceptors (Lipinski definition) is 4. The van der Waals surface area contributed by atoms with Gasteiger partial charge in [-0.3, -0.25) is 0 Å². The first-order chi connectivity index (χ1) is 9.90. The largest absolute Gasteiger partial charge is 0.367 e. The van der Waals surface area contributed by atoms with Gasteiger partial charge in [0.1, 0.15) is 18.0 Å². The third-order valence-electron chi connectivity index (χ3n) is 3.69. The maximum Gasteiger partial charge on any atom is 0.131 e. The number of nitrogens with zero attached hydrogens (tertiary/aromatic N) is 2. The van der Waals surface area contributed by atoms with Crippen LogP contribution >= 0.6 is 0 Å². The van der Waals surface area contributed by atoms with Crippen molar-refractivity contribution in [2.75, 3.05) is 10.6 Å². The predicted molar refractivity (Wildman–Crippen MR) is 81.7 cm³/mol. The molecular weight excluding hydrogens is 248 g/mol. The second kappa shape index (κ2) is 6.37. The molecule has 0 spiro atoms. The lowest BCUT2D eigenvalue weighted by atomic mass is 10.2. The average Bonchev–Trinajstić information content (AvgIpc) is 3.00. The Bertz CT molecular complexity index is 535. The van der Waals surface area contributed by atoms with Crippen LogP contribution in [0.15, 0.2) is 42.7 Å². The molecule has 3 rings (SSSR count). The molecule has 0 bridgehead atoms. The van der Waals surface area contributed by atoms with Gasteiger partial charge in [-0.15, -0.1) is 0 Å². The van der Waals surface area contributed by atoms with E-state index in [2.05, 4.69) is 32.7 Å². The first kappa shape index (κ1) is 12.9. The molecule has 1 aromatic carbocycles. The van der Waals surface area contributed by atoms with Gasteiger partial charge in [-0.1, -0.05) is 43.2 Å². The van der Waals surface area contributed by atoms with E-state index in [0.29, 0.717) is 6.04 Å². The van der Waals surface area contributed by atoms with Crippen LogP contribution in [-0.2, 0) is 6.54 Å². The topological polar surface area (TPSA) is 49.8 Å². The highest BCUT2D eigenvalue weighted by Crippen LogP contribution is 2.22. The SMILES string of the molecule is c1ccc(CNc2cc(NC3CCCC3)ncn2)cc1. The van der Waals surface area contributed by atoms with Crippen LogP contribution < -0.4 is 10.6 Å². The summed E-state index contributed by atoms with van der Waals surface area (Å²) in [4.78, 5) is 8.56. The highest BCUT2D eigenvalue weighted by molar-refractivity contribution is 5.47. The summed E-state index contributed by atoms with van der Waals surface area (Å²) in [5, 5.41) is 6.82. The number of nitrogens with one attached hydrogen (secondary N) is 2. The molecule has 0 amide bonds. The van der Waals surface area contributed by atoms with Gasteiger partial charge in [0, 0.05) is 18.7 Å². The zero-order valence-electron chi connectivity index (χ0n) is 11.5. The van der Waals surface area contributed by atoms with Gasteiger partial charge in [-0.2, -0.15) is 0 Å². The van der Waals surface area contributed by atoms with E-state index in [4.69, 9.17) is 0 Å². The van der Waals surface area contributed by atoms with Crippen LogP contribution in [0.2, 0.25) is 0 Å². The van der Waals surface area contributed by atoms with Gasteiger partial charge in [0.2, 0.25) is 0 Å². The third kappa shape index (κ3) is 3.47.